The zero-order valence-electron chi connectivity index (χ0n) is 11.8. The van der Waals surface area contributed by atoms with Crippen molar-refractivity contribution in [3.05, 3.63) is 65.7 Å². The van der Waals surface area contributed by atoms with Crippen LogP contribution in [0.5, 0.6) is 0 Å². The van der Waals surface area contributed by atoms with E-state index in [0.717, 1.165) is 16.8 Å². The Bertz CT molecular complexity index is 618. The smallest absolute Gasteiger partial charge is 0.176 e. The van der Waals surface area contributed by atoms with Gasteiger partial charge < -0.3 is 0 Å². The number of ketones is 1. The van der Waals surface area contributed by atoms with E-state index in [9.17, 15) is 4.79 Å². The molecule has 0 unspecified atom stereocenters. The Morgan fingerprint density at radius 3 is 2.35 bits per heavy atom. The van der Waals surface area contributed by atoms with Crippen molar-refractivity contribution in [1.82, 2.24) is 0 Å². The molecule has 102 valence electrons. The van der Waals surface area contributed by atoms with Gasteiger partial charge >= 0.3 is 0 Å². The largest absolute Gasteiger partial charge is 0.293 e. The normalized spacial score (nSPS) is 11.2. The van der Waals surface area contributed by atoms with Crippen LogP contribution in [-0.4, -0.2) is 11.5 Å². The number of anilines is 1. The minimum Gasteiger partial charge on any atom is -0.293 e. The summed E-state index contributed by atoms with van der Waals surface area (Å²) in [4.78, 5) is 11.7. The third kappa shape index (κ3) is 3.79. The lowest BCUT2D eigenvalue weighted by Crippen LogP contribution is -2.15. The highest BCUT2D eigenvalue weighted by molar-refractivity contribution is 6.39. The van der Waals surface area contributed by atoms with Crippen LogP contribution >= 0.6 is 0 Å². The number of carbonyl (C=O) groups excluding carboxylic acids is 1. The number of aryl methyl sites for hydroxylation is 1. The fourth-order valence-corrected chi connectivity index (χ4v) is 1.86. The molecule has 0 saturated carbocycles. The molecular weight excluding hydrogens is 248 g/mol. The summed E-state index contributed by atoms with van der Waals surface area (Å²) in [5.41, 5.74) is 6.60. The summed E-state index contributed by atoms with van der Waals surface area (Å²) in [6.45, 7) is 3.55. The van der Waals surface area contributed by atoms with E-state index in [1.165, 1.54) is 0 Å². The fourth-order valence-electron chi connectivity index (χ4n) is 1.86. The highest BCUT2D eigenvalue weighted by Crippen LogP contribution is 2.13. The van der Waals surface area contributed by atoms with E-state index in [0.29, 0.717) is 12.1 Å². The van der Waals surface area contributed by atoms with Gasteiger partial charge in [0.2, 0.25) is 0 Å². The summed E-state index contributed by atoms with van der Waals surface area (Å²) in [7, 11) is 0. The van der Waals surface area contributed by atoms with Crippen LogP contribution in [-0.2, 0) is 11.2 Å². The van der Waals surface area contributed by atoms with Gasteiger partial charge in [0, 0.05) is 13.3 Å². The SMILES string of the molecule is CC(=O)/C(Cc1ccccc1)=N\Nc1ccccc1C. The highest BCUT2D eigenvalue weighted by Gasteiger charge is 2.07. The molecule has 0 aliphatic heterocycles. The van der Waals surface area contributed by atoms with Crippen LogP contribution in [0.3, 0.4) is 0 Å². The Labute approximate surface area is 119 Å². The quantitative estimate of drug-likeness (QED) is 0.663. The van der Waals surface area contributed by atoms with E-state index in [1.54, 1.807) is 6.92 Å². The zero-order chi connectivity index (χ0) is 14.4. The second-order valence-electron chi connectivity index (χ2n) is 4.70. The summed E-state index contributed by atoms with van der Waals surface area (Å²) < 4.78 is 0. The van der Waals surface area contributed by atoms with Gasteiger partial charge in [-0.05, 0) is 24.1 Å². The molecule has 0 amide bonds. The van der Waals surface area contributed by atoms with Gasteiger partial charge in [-0.15, -0.1) is 0 Å². The van der Waals surface area contributed by atoms with E-state index < -0.39 is 0 Å². The first kappa shape index (κ1) is 14.0. The molecule has 0 fully saturated rings. The zero-order valence-corrected chi connectivity index (χ0v) is 11.8. The monoisotopic (exact) mass is 266 g/mol. The number of nitrogens with zero attached hydrogens (tertiary/aromatic N) is 1. The standard InChI is InChI=1S/C17H18N2O/c1-13-8-6-7-11-16(13)18-19-17(14(2)20)12-15-9-4-3-5-10-15/h3-11,18H,12H2,1-2H3/b19-17-. The molecule has 0 aromatic heterocycles. The Hall–Kier alpha value is -2.42. The summed E-state index contributed by atoms with van der Waals surface area (Å²) in [6.07, 6.45) is 0.537. The van der Waals surface area contributed by atoms with Crippen LogP contribution in [0.4, 0.5) is 5.69 Å². The number of rotatable bonds is 5. The highest BCUT2D eigenvalue weighted by atomic mass is 16.1. The van der Waals surface area contributed by atoms with E-state index in [2.05, 4.69) is 10.5 Å². The lowest BCUT2D eigenvalue weighted by Gasteiger charge is -2.07. The predicted octanol–water partition coefficient (Wildman–Crippen LogP) is 3.59. The third-order valence-corrected chi connectivity index (χ3v) is 3.08. The molecule has 2 aromatic rings. The Morgan fingerprint density at radius 1 is 1.05 bits per heavy atom. The van der Waals surface area contributed by atoms with Crippen molar-refractivity contribution in [2.45, 2.75) is 20.3 Å². The van der Waals surface area contributed by atoms with Crippen LogP contribution < -0.4 is 5.43 Å². The molecule has 20 heavy (non-hydrogen) atoms. The van der Waals surface area contributed by atoms with Crippen LogP contribution in [0.15, 0.2) is 59.7 Å². The van der Waals surface area contributed by atoms with Crippen LogP contribution in [0.2, 0.25) is 0 Å². The third-order valence-electron chi connectivity index (χ3n) is 3.08. The van der Waals surface area contributed by atoms with Crippen molar-refractivity contribution in [1.29, 1.82) is 0 Å². The molecule has 2 aromatic carbocycles. The molecule has 0 saturated heterocycles. The van der Waals surface area contributed by atoms with Crippen molar-refractivity contribution >= 4 is 17.2 Å². The second kappa shape index (κ2) is 6.66. The van der Waals surface area contributed by atoms with Gasteiger partial charge in [-0.1, -0.05) is 48.5 Å². The minimum atomic E-state index is -0.0186. The number of hydrogen-bond donors (Lipinski definition) is 1. The number of para-hydroxylation sites is 1. The van der Waals surface area contributed by atoms with Gasteiger partial charge in [0.1, 0.15) is 5.71 Å². The van der Waals surface area contributed by atoms with Crippen LogP contribution in [0.25, 0.3) is 0 Å². The average Bonchev–Trinajstić information content (AvgIpc) is 2.46. The van der Waals surface area contributed by atoms with Crippen LogP contribution in [0, 0.1) is 6.92 Å². The molecule has 3 heteroatoms. The summed E-state index contributed by atoms with van der Waals surface area (Å²) in [5, 5.41) is 4.27. The van der Waals surface area contributed by atoms with Gasteiger partial charge in [0.25, 0.3) is 0 Å². The Balaban J connectivity index is 2.15. The number of Topliss-reactive ketones (excluding diaryl/α,β-unsaturated/α-hetero) is 1. The number of carbonyl (C=O) groups is 1. The summed E-state index contributed by atoms with van der Waals surface area (Å²) in [5.74, 6) is -0.0186. The lowest BCUT2D eigenvalue weighted by atomic mass is 10.1. The number of hydrazone groups is 1. The van der Waals surface area contributed by atoms with Gasteiger partial charge in [0.05, 0.1) is 5.69 Å². The van der Waals surface area contributed by atoms with Crippen molar-refractivity contribution in [3.63, 3.8) is 0 Å². The molecule has 1 N–H and O–H groups in total. The van der Waals surface area contributed by atoms with Crippen molar-refractivity contribution in [3.8, 4) is 0 Å². The fraction of sp³-hybridized carbons (Fsp3) is 0.176. The molecule has 0 spiro atoms. The molecule has 0 bridgehead atoms. The van der Waals surface area contributed by atoms with E-state index in [-0.39, 0.29) is 5.78 Å². The molecule has 0 atom stereocenters. The molecular formula is C17H18N2O. The first-order valence-corrected chi connectivity index (χ1v) is 6.60. The molecule has 0 radical (unpaired) electrons. The average molecular weight is 266 g/mol. The van der Waals surface area contributed by atoms with E-state index >= 15 is 0 Å². The van der Waals surface area contributed by atoms with Crippen molar-refractivity contribution in [2.24, 2.45) is 5.10 Å². The lowest BCUT2D eigenvalue weighted by molar-refractivity contribution is -0.111. The maximum Gasteiger partial charge on any atom is 0.176 e. The summed E-state index contributed by atoms with van der Waals surface area (Å²) >= 11 is 0. The van der Waals surface area contributed by atoms with Gasteiger partial charge in [-0.2, -0.15) is 5.10 Å². The first-order valence-electron chi connectivity index (χ1n) is 6.60. The number of hydrogen-bond acceptors (Lipinski definition) is 3. The van der Waals surface area contributed by atoms with Gasteiger partial charge in [0.15, 0.2) is 5.78 Å². The van der Waals surface area contributed by atoms with E-state index in [1.807, 2.05) is 61.5 Å². The number of benzene rings is 2. The van der Waals surface area contributed by atoms with Crippen molar-refractivity contribution in [2.75, 3.05) is 5.43 Å². The topological polar surface area (TPSA) is 41.5 Å². The maximum atomic E-state index is 11.7. The molecule has 0 aliphatic carbocycles. The molecule has 3 nitrogen and oxygen atoms in total. The predicted molar refractivity (Wildman–Crippen MR) is 83.1 cm³/mol. The minimum absolute atomic E-state index is 0.0186. The van der Waals surface area contributed by atoms with E-state index in [4.69, 9.17) is 0 Å². The maximum absolute atomic E-state index is 11.7. The Kier molecular flexibility index (Phi) is 4.66. The summed E-state index contributed by atoms with van der Waals surface area (Å²) in [6, 6.07) is 17.7. The molecule has 0 aliphatic rings. The number of nitrogens with one attached hydrogen (secondary N) is 1. The van der Waals surface area contributed by atoms with Crippen LogP contribution in [0.1, 0.15) is 18.1 Å². The molecule has 2 rings (SSSR count). The second-order valence-corrected chi connectivity index (χ2v) is 4.70. The van der Waals surface area contributed by atoms with Gasteiger partial charge in [-0.3, -0.25) is 10.2 Å². The Morgan fingerprint density at radius 2 is 1.70 bits per heavy atom. The molecule has 0 heterocycles. The van der Waals surface area contributed by atoms with Gasteiger partial charge in [-0.25, -0.2) is 0 Å². The first-order chi connectivity index (χ1) is 9.66. The van der Waals surface area contributed by atoms with Crippen molar-refractivity contribution < 1.29 is 4.79 Å².